The van der Waals surface area contributed by atoms with Crippen molar-refractivity contribution in [1.82, 2.24) is 15.5 Å². The van der Waals surface area contributed by atoms with E-state index in [-0.39, 0.29) is 0 Å². The van der Waals surface area contributed by atoms with Crippen molar-refractivity contribution in [2.24, 2.45) is 0 Å². The van der Waals surface area contributed by atoms with Crippen LogP contribution in [-0.2, 0) is 11.2 Å². The van der Waals surface area contributed by atoms with Crippen molar-refractivity contribution >= 4 is 5.97 Å². The molecule has 1 aromatic heterocycles. The maximum atomic E-state index is 11.2. The highest BCUT2D eigenvalue weighted by Crippen LogP contribution is 2.26. The number of hydrogen-bond donors (Lipinski definition) is 2. The van der Waals surface area contributed by atoms with Crippen LogP contribution in [0.3, 0.4) is 0 Å². The van der Waals surface area contributed by atoms with Crippen LogP contribution in [0.4, 0.5) is 0 Å². The number of aromatic nitrogens is 2. The zero-order valence-corrected chi connectivity index (χ0v) is 16.4. The van der Waals surface area contributed by atoms with Crippen molar-refractivity contribution in [2.75, 3.05) is 7.05 Å². The Bertz CT molecular complexity index is 1120. The van der Waals surface area contributed by atoms with Gasteiger partial charge in [-0.2, -0.15) is 4.98 Å². The van der Waals surface area contributed by atoms with E-state index in [2.05, 4.69) is 27.6 Å². The Morgan fingerprint density at radius 1 is 0.900 bits per heavy atom. The van der Waals surface area contributed by atoms with Gasteiger partial charge in [0.25, 0.3) is 5.89 Å². The molecule has 6 heteroatoms. The van der Waals surface area contributed by atoms with Crippen LogP contribution in [0.5, 0.6) is 0 Å². The normalized spacial score (nSPS) is 11.9. The molecule has 0 radical (unpaired) electrons. The predicted octanol–water partition coefficient (Wildman–Crippen LogP) is 4.29. The van der Waals surface area contributed by atoms with E-state index in [9.17, 15) is 4.79 Å². The molecule has 0 aliphatic heterocycles. The Morgan fingerprint density at radius 2 is 1.50 bits per heavy atom. The lowest BCUT2D eigenvalue weighted by Crippen LogP contribution is -2.35. The molecule has 3 aromatic carbocycles. The maximum Gasteiger partial charge on any atom is 0.321 e. The Kier molecular flexibility index (Phi) is 5.68. The highest BCUT2D eigenvalue weighted by molar-refractivity contribution is 5.74. The number of hydrogen-bond acceptors (Lipinski definition) is 5. The molecule has 150 valence electrons. The zero-order chi connectivity index (χ0) is 20.9. The number of nitrogens with one attached hydrogen (secondary N) is 1. The molecule has 0 saturated carbocycles. The first-order valence-corrected chi connectivity index (χ1v) is 9.63. The fourth-order valence-corrected chi connectivity index (χ4v) is 3.23. The molecular formula is C24H21N3O3. The van der Waals surface area contributed by atoms with E-state index in [1.54, 1.807) is 7.05 Å². The summed E-state index contributed by atoms with van der Waals surface area (Å²) in [6.45, 7) is 0. The third kappa shape index (κ3) is 4.29. The van der Waals surface area contributed by atoms with Crippen molar-refractivity contribution in [3.05, 3.63) is 84.4 Å². The van der Waals surface area contributed by atoms with E-state index in [4.69, 9.17) is 9.63 Å². The standard InChI is InChI=1S/C24H21N3O3/c1-25-21(24(28)29)15-16-7-9-19(10-8-16)22-26-23(30-27-22)20-13-11-18(12-14-20)17-5-3-2-4-6-17/h2-14,21,25H,15H2,1H3,(H,28,29). The van der Waals surface area contributed by atoms with Gasteiger partial charge in [0.05, 0.1) is 0 Å². The van der Waals surface area contributed by atoms with Gasteiger partial charge in [-0.3, -0.25) is 4.79 Å². The number of benzene rings is 3. The number of carbonyl (C=O) groups is 1. The van der Waals surface area contributed by atoms with Crippen molar-refractivity contribution in [3.8, 4) is 34.0 Å². The van der Waals surface area contributed by atoms with Crippen LogP contribution in [0.1, 0.15) is 5.56 Å². The van der Waals surface area contributed by atoms with Gasteiger partial charge in [0.15, 0.2) is 0 Å². The monoisotopic (exact) mass is 399 g/mol. The first kappa shape index (κ1) is 19.5. The molecule has 30 heavy (non-hydrogen) atoms. The van der Waals surface area contributed by atoms with Crippen LogP contribution in [0, 0.1) is 0 Å². The quantitative estimate of drug-likeness (QED) is 0.482. The van der Waals surface area contributed by atoms with E-state index in [1.165, 1.54) is 0 Å². The van der Waals surface area contributed by atoms with Gasteiger partial charge < -0.3 is 14.9 Å². The van der Waals surface area contributed by atoms with Crippen LogP contribution in [0.2, 0.25) is 0 Å². The molecule has 4 rings (SSSR count). The van der Waals surface area contributed by atoms with Crippen LogP contribution in [0.15, 0.2) is 83.4 Å². The lowest BCUT2D eigenvalue weighted by Gasteiger charge is -2.10. The van der Waals surface area contributed by atoms with Crippen LogP contribution >= 0.6 is 0 Å². The second-order valence-electron chi connectivity index (χ2n) is 6.95. The minimum atomic E-state index is -0.873. The van der Waals surface area contributed by atoms with Gasteiger partial charge in [-0.15, -0.1) is 0 Å². The second-order valence-corrected chi connectivity index (χ2v) is 6.95. The van der Waals surface area contributed by atoms with Gasteiger partial charge in [0.2, 0.25) is 5.82 Å². The molecule has 0 spiro atoms. The summed E-state index contributed by atoms with van der Waals surface area (Å²) < 4.78 is 5.45. The van der Waals surface area contributed by atoms with E-state index in [0.29, 0.717) is 18.1 Å². The molecule has 0 fully saturated rings. The third-order valence-corrected chi connectivity index (χ3v) is 4.96. The van der Waals surface area contributed by atoms with E-state index < -0.39 is 12.0 Å². The average molecular weight is 399 g/mol. The summed E-state index contributed by atoms with van der Waals surface area (Å²) in [6, 6.07) is 25.0. The van der Waals surface area contributed by atoms with Crippen molar-refractivity contribution in [1.29, 1.82) is 0 Å². The fraction of sp³-hybridized carbons (Fsp3) is 0.125. The molecule has 0 bridgehead atoms. The SMILES string of the molecule is CNC(Cc1ccc(-c2noc(-c3ccc(-c4ccccc4)cc3)n2)cc1)C(=O)O. The smallest absolute Gasteiger partial charge is 0.321 e. The minimum Gasteiger partial charge on any atom is -0.480 e. The molecule has 6 nitrogen and oxygen atoms in total. The highest BCUT2D eigenvalue weighted by atomic mass is 16.5. The molecule has 1 atom stereocenters. The Labute approximate surface area is 174 Å². The number of carboxylic acid groups (broad SMARTS) is 1. The molecule has 0 aliphatic rings. The molecule has 0 saturated heterocycles. The molecule has 2 N–H and O–H groups in total. The average Bonchev–Trinajstić information content (AvgIpc) is 3.29. The lowest BCUT2D eigenvalue weighted by molar-refractivity contribution is -0.139. The molecule has 1 unspecified atom stereocenters. The lowest BCUT2D eigenvalue weighted by atomic mass is 10.0. The Balaban J connectivity index is 1.49. The van der Waals surface area contributed by atoms with E-state index in [0.717, 1.165) is 27.8 Å². The van der Waals surface area contributed by atoms with Gasteiger partial charge >= 0.3 is 5.97 Å². The minimum absolute atomic E-state index is 0.400. The van der Waals surface area contributed by atoms with Crippen LogP contribution < -0.4 is 5.32 Å². The van der Waals surface area contributed by atoms with Crippen LogP contribution in [0.25, 0.3) is 34.0 Å². The second kappa shape index (κ2) is 8.71. The summed E-state index contributed by atoms with van der Waals surface area (Å²) in [5.74, 6) is 0.0737. The largest absolute Gasteiger partial charge is 0.480 e. The highest BCUT2D eigenvalue weighted by Gasteiger charge is 2.16. The van der Waals surface area contributed by atoms with Crippen molar-refractivity contribution in [3.63, 3.8) is 0 Å². The maximum absolute atomic E-state index is 11.2. The number of likely N-dealkylation sites (N-methyl/N-ethyl adjacent to an activating group) is 1. The summed E-state index contributed by atoms with van der Waals surface area (Å²) in [4.78, 5) is 15.7. The van der Waals surface area contributed by atoms with E-state index >= 15 is 0 Å². The predicted molar refractivity (Wildman–Crippen MR) is 115 cm³/mol. The summed E-state index contributed by atoms with van der Waals surface area (Å²) in [5.41, 5.74) is 4.85. The first-order chi connectivity index (χ1) is 14.6. The Hall–Kier alpha value is -3.77. The van der Waals surface area contributed by atoms with Gasteiger partial charge in [0.1, 0.15) is 6.04 Å². The molecule has 1 heterocycles. The number of nitrogens with zero attached hydrogens (tertiary/aromatic N) is 2. The summed E-state index contributed by atoms with van der Waals surface area (Å²) in [6.07, 6.45) is 0.400. The fourth-order valence-electron chi connectivity index (χ4n) is 3.23. The molecule has 0 aliphatic carbocycles. The van der Waals surface area contributed by atoms with Crippen LogP contribution in [-0.4, -0.2) is 34.3 Å². The number of aliphatic carboxylic acids is 1. The summed E-state index contributed by atoms with van der Waals surface area (Å²) in [5, 5.41) is 16.0. The zero-order valence-electron chi connectivity index (χ0n) is 16.4. The van der Waals surface area contributed by atoms with Gasteiger partial charge in [-0.1, -0.05) is 71.9 Å². The molecular weight excluding hydrogens is 378 g/mol. The van der Waals surface area contributed by atoms with E-state index in [1.807, 2.05) is 66.7 Å². The Morgan fingerprint density at radius 3 is 2.13 bits per heavy atom. The van der Waals surface area contributed by atoms with Gasteiger partial charge in [0, 0.05) is 11.1 Å². The third-order valence-electron chi connectivity index (χ3n) is 4.96. The first-order valence-electron chi connectivity index (χ1n) is 9.63. The summed E-state index contributed by atoms with van der Waals surface area (Å²) in [7, 11) is 1.64. The molecule has 0 amide bonds. The topological polar surface area (TPSA) is 88.3 Å². The number of rotatable bonds is 7. The van der Waals surface area contributed by atoms with Crippen molar-refractivity contribution < 1.29 is 14.4 Å². The van der Waals surface area contributed by atoms with Gasteiger partial charge in [-0.25, -0.2) is 0 Å². The van der Waals surface area contributed by atoms with Crippen molar-refractivity contribution in [2.45, 2.75) is 12.5 Å². The molecule has 4 aromatic rings. The summed E-state index contributed by atoms with van der Waals surface area (Å²) >= 11 is 0. The number of carboxylic acids is 1. The van der Waals surface area contributed by atoms with Gasteiger partial charge in [-0.05, 0) is 42.3 Å².